The number of hydrogen-bond donors (Lipinski definition) is 1. The van der Waals surface area contributed by atoms with E-state index in [1.165, 1.54) is 23.1 Å². The zero-order valence-corrected chi connectivity index (χ0v) is 23.3. The van der Waals surface area contributed by atoms with Crippen molar-refractivity contribution in [1.29, 1.82) is 0 Å². The first-order chi connectivity index (χ1) is 17.5. The Labute approximate surface area is 228 Å². The molecule has 1 atom stereocenters. The third-order valence-electron chi connectivity index (χ3n) is 6.53. The quantitative estimate of drug-likeness (QED) is 0.404. The molecule has 202 valence electrons. The van der Waals surface area contributed by atoms with E-state index < -0.39 is 21.9 Å². The molecule has 0 aromatic heterocycles. The molecule has 37 heavy (non-hydrogen) atoms. The van der Waals surface area contributed by atoms with Crippen LogP contribution in [0.4, 0.5) is 10.1 Å². The van der Waals surface area contributed by atoms with Gasteiger partial charge in [-0.05, 0) is 50.5 Å². The second-order valence-electron chi connectivity index (χ2n) is 9.28. The molecule has 1 saturated carbocycles. The zero-order chi connectivity index (χ0) is 27.2. The van der Waals surface area contributed by atoms with Gasteiger partial charge in [-0.3, -0.25) is 13.9 Å². The van der Waals surface area contributed by atoms with Crippen molar-refractivity contribution in [1.82, 2.24) is 10.2 Å². The summed E-state index contributed by atoms with van der Waals surface area (Å²) in [6.07, 6.45) is 4.95. The fraction of sp³-hybridized carbons (Fsp3) is 0.462. The first-order valence-electron chi connectivity index (χ1n) is 12.2. The first kappa shape index (κ1) is 29.2. The second-order valence-corrected chi connectivity index (χ2v) is 12.0. The standard InChI is InChI=1S/C26H32Cl2FN3O4S/c1-18(26(34)30-19-9-3-4-10-19)31(17-20-21(27)11-7-12-22(20)28)25(33)15-8-16-32(37(2,35)36)24-14-6-5-13-23(24)29/h5-7,11-14,18-19H,3-4,8-10,15-17H2,1-2H3,(H,30,34)/t18-/m1/s1. The van der Waals surface area contributed by atoms with E-state index in [0.29, 0.717) is 15.6 Å². The van der Waals surface area contributed by atoms with Crippen LogP contribution in [0.25, 0.3) is 0 Å². The van der Waals surface area contributed by atoms with E-state index in [1.54, 1.807) is 31.2 Å². The molecule has 0 heterocycles. The van der Waals surface area contributed by atoms with Crippen molar-refractivity contribution in [3.05, 3.63) is 63.9 Å². The molecule has 2 amide bonds. The Morgan fingerprint density at radius 2 is 1.70 bits per heavy atom. The molecule has 0 saturated heterocycles. The maximum atomic E-state index is 14.3. The molecule has 2 aromatic carbocycles. The molecule has 1 aliphatic carbocycles. The minimum absolute atomic E-state index is 0.0136. The van der Waals surface area contributed by atoms with Gasteiger partial charge >= 0.3 is 0 Å². The Balaban J connectivity index is 1.77. The van der Waals surface area contributed by atoms with Crippen molar-refractivity contribution in [2.45, 2.75) is 64.1 Å². The van der Waals surface area contributed by atoms with Gasteiger partial charge in [-0.25, -0.2) is 12.8 Å². The monoisotopic (exact) mass is 571 g/mol. The smallest absolute Gasteiger partial charge is 0.242 e. The number of anilines is 1. The van der Waals surface area contributed by atoms with Gasteiger partial charge in [0.05, 0.1) is 11.9 Å². The highest BCUT2D eigenvalue weighted by atomic mass is 35.5. The van der Waals surface area contributed by atoms with Crippen molar-refractivity contribution in [3.8, 4) is 0 Å². The third-order valence-corrected chi connectivity index (χ3v) is 8.42. The van der Waals surface area contributed by atoms with Crippen LogP contribution in [-0.2, 0) is 26.2 Å². The topological polar surface area (TPSA) is 86.8 Å². The maximum Gasteiger partial charge on any atom is 0.242 e. The molecule has 0 unspecified atom stereocenters. The molecule has 11 heteroatoms. The van der Waals surface area contributed by atoms with Crippen LogP contribution in [0.1, 0.15) is 51.0 Å². The molecule has 2 aromatic rings. The number of carbonyl (C=O) groups excluding carboxylic acids is 2. The minimum atomic E-state index is -3.79. The van der Waals surface area contributed by atoms with E-state index in [1.807, 2.05) is 0 Å². The molecule has 1 N–H and O–H groups in total. The van der Waals surface area contributed by atoms with Crippen molar-refractivity contribution < 1.29 is 22.4 Å². The summed E-state index contributed by atoms with van der Waals surface area (Å²) in [4.78, 5) is 27.9. The average Bonchev–Trinajstić information content (AvgIpc) is 3.34. The Morgan fingerprint density at radius 3 is 2.30 bits per heavy atom. The summed E-state index contributed by atoms with van der Waals surface area (Å²) in [6, 6.07) is 9.86. The number of hydrogen-bond acceptors (Lipinski definition) is 4. The highest BCUT2D eigenvalue weighted by molar-refractivity contribution is 7.92. The minimum Gasteiger partial charge on any atom is -0.352 e. The van der Waals surface area contributed by atoms with Gasteiger partial charge in [-0.1, -0.05) is 54.2 Å². The summed E-state index contributed by atoms with van der Waals surface area (Å²) in [5.41, 5.74) is 0.435. The first-order valence-corrected chi connectivity index (χ1v) is 14.8. The number of benzene rings is 2. The predicted molar refractivity (Wildman–Crippen MR) is 145 cm³/mol. The van der Waals surface area contributed by atoms with Gasteiger partial charge in [-0.2, -0.15) is 0 Å². The summed E-state index contributed by atoms with van der Waals surface area (Å²) in [6.45, 7) is 1.56. The lowest BCUT2D eigenvalue weighted by molar-refractivity contribution is -0.140. The maximum absolute atomic E-state index is 14.3. The Kier molecular flexibility index (Phi) is 10.2. The van der Waals surface area contributed by atoms with Gasteiger partial charge in [0.25, 0.3) is 0 Å². The Hall–Kier alpha value is -2.36. The van der Waals surface area contributed by atoms with E-state index >= 15 is 0 Å². The van der Waals surface area contributed by atoms with Crippen LogP contribution in [0.5, 0.6) is 0 Å². The number of amides is 2. The zero-order valence-electron chi connectivity index (χ0n) is 20.9. The van der Waals surface area contributed by atoms with E-state index in [-0.39, 0.29) is 49.5 Å². The number of nitrogens with one attached hydrogen (secondary N) is 1. The predicted octanol–water partition coefficient (Wildman–Crippen LogP) is 5.15. The average molecular weight is 573 g/mol. The highest BCUT2D eigenvalue weighted by Crippen LogP contribution is 2.28. The van der Waals surface area contributed by atoms with Crippen molar-refractivity contribution in [2.24, 2.45) is 0 Å². The van der Waals surface area contributed by atoms with Crippen LogP contribution in [-0.4, -0.2) is 50.0 Å². The van der Waals surface area contributed by atoms with Crippen molar-refractivity contribution in [2.75, 3.05) is 17.1 Å². The van der Waals surface area contributed by atoms with Gasteiger partial charge in [0.2, 0.25) is 21.8 Å². The lowest BCUT2D eigenvalue weighted by Gasteiger charge is -2.30. The van der Waals surface area contributed by atoms with Crippen LogP contribution in [0.15, 0.2) is 42.5 Å². The van der Waals surface area contributed by atoms with Crippen LogP contribution in [0.3, 0.4) is 0 Å². The normalized spacial score (nSPS) is 14.8. The molecule has 0 aliphatic heterocycles. The molecule has 7 nitrogen and oxygen atoms in total. The Morgan fingerprint density at radius 1 is 1.08 bits per heavy atom. The molecule has 3 rings (SSSR count). The van der Waals surface area contributed by atoms with E-state index in [4.69, 9.17) is 23.2 Å². The van der Waals surface area contributed by atoms with E-state index in [2.05, 4.69) is 5.32 Å². The molecule has 1 aliphatic rings. The largest absolute Gasteiger partial charge is 0.352 e. The van der Waals surface area contributed by atoms with Crippen LogP contribution in [0.2, 0.25) is 10.0 Å². The van der Waals surface area contributed by atoms with Crippen molar-refractivity contribution in [3.63, 3.8) is 0 Å². The fourth-order valence-corrected chi connectivity index (χ4v) is 5.95. The van der Waals surface area contributed by atoms with E-state index in [0.717, 1.165) is 36.2 Å². The SMILES string of the molecule is C[C@H](C(=O)NC1CCCC1)N(Cc1c(Cl)cccc1Cl)C(=O)CCCN(c1ccccc1F)S(C)(=O)=O. The molecular weight excluding hydrogens is 540 g/mol. The van der Waals surface area contributed by atoms with Gasteiger partial charge in [-0.15, -0.1) is 0 Å². The van der Waals surface area contributed by atoms with Gasteiger partial charge in [0, 0.05) is 41.2 Å². The van der Waals surface area contributed by atoms with Gasteiger partial charge in [0.15, 0.2) is 0 Å². The molecule has 0 radical (unpaired) electrons. The Bertz CT molecular complexity index is 1200. The van der Waals surface area contributed by atoms with E-state index in [9.17, 15) is 22.4 Å². The summed E-state index contributed by atoms with van der Waals surface area (Å²) in [7, 11) is -3.79. The lowest BCUT2D eigenvalue weighted by Crippen LogP contribution is -2.49. The lowest BCUT2D eigenvalue weighted by atomic mass is 10.1. The second kappa shape index (κ2) is 12.9. The molecular formula is C26H32Cl2FN3O4S. The highest BCUT2D eigenvalue weighted by Gasteiger charge is 2.30. The number of rotatable bonds is 11. The summed E-state index contributed by atoms with van der Waals surface area (Å²) in [5.74, 6) is -1.31. The number of sulfonamides is 1. The summed E-state index contributed by atoms with van der Waals surface area (Å²) in [5, 5.41) is 3.77. The van der Waals surface area contributed by atoms with Crippen LogP contribution in [0, 0.1) is 5.82 Å². The van der Waals surface area contributed by atoms with Crippen molar-refractivity contribution >= 4 is 50.7 Å². The van der Waals surface area contributed by atoms with Gasteiger partial charge < -0.3 is 10.2 Å². The van der Waals surface area contributed by atoms with Crippen LogP contribution >= 0.6 is 23.2 Å². The molecule has 1 fully saturated rings. The number of carbonyl (C=O) groups is 2. The van der Waals surface area contributed by atoms with Crippen LogP contribution < -0.4 is 9.62 Å². The number of halogens is 3. The number of para-hydroxylation sites is 1. The van der Waals surface area contributed by atoms with Gasteiger partial charge in [0.1, 0.15) is 11.9 Å². The number of nitrogens with zero attached hydrogens (tertiary/aromatic N) is 2. The summed E-state index contributed by atoms with van der Waals surface area (Å²) < 4.78 is 40.0. The third kappa shape index (κ3) is 7.82. The summed E-state index contributed by atoms with van der Waals surface area (Å²) >= 11 is 12.7. The molecule has 0 bridgehead atoms. The molecule has 0 spiro atoms. The fourth-order valence-electron chi connectivity index (χ4n) is 4.46.